The molecule has 0 aromatic carbocycles. The Labute approximate surface area is 223 Å². The Morgan fingerprint density at radius 1 is 1.03 bits per heavy atom. The molecule has 5 rings (SSSR count). The molecular formula is C32H45NO4. The minimum Gasteiger partial charge on any atom is -0.469 e. The van der Waals surface area contributed by atoms with Crippen molar-refractivity contribution in [3.8, 4) is 0 Å². The number of esters is 1. The molecule has 0 aliphatic heterocycles. The van der Waals surface area contributed by atoms with Crippen LogP contribution in [-0.2, 0) is 14.3 Å². The molecule has 0 unspecified atom stereocenters. The first-order valence-electron chi connectivity index (χ1n) is 14.2. The fourth-order valence-electron chi connectivity index (χ4n) is 10.3. The van der Waals surface area contributed by atoms with E-state index < -0.39 is 16.9 Å². The van der Waals surface area contributed by atoms with Gasteiger partial charge in [-0.05, 0) is 84.9 Å². The minimum atomic E-state index is -0.641. The van der Waals surface area contributed by atoms with Crippen molar-refractivity contribution in [2.45, 2.75) is 106 Å². The van der Waals surface area contributed by atoms with Crippen molar-refractivity contribution >= 4 is 11.8 Å². The van der Waals surface area contributed by atoms with Gasteiger partial charge in [-0.2, -0.15) is 0 Å². The third-order valence-corrected chi connectivity index (χ3v) is 12.5. The molecule has 37 heavy (non-hydrogen) atoms. The van der Waals surface area contributed by atoms with Crippen molar-refractivity contribution in [2.24, 2.45) is 44.3 Å². The van der Waals surface area contributed by atoms with Gasteiger partial charge in [-0.25, -0.2) is 4.85 Å². The number of hydrogen-bond donors (Lipinski definition) is 1. The minimum absolute atomic E-state index is 0.0380. The highest BCUT2D eigenvalue weighted by Gasteiger charge is 2.73. The molecule has 2 radical (unpaired) electrons. The molecule has 0 bridgehead atoms. The van der Waals surface area contributed by atoms with E-state index in [0.717, 1.165) is 56.8 Å². The van der Waals surface area contributed by atoms with Crippen LogP contribution in [0, 0.1) is 62.7 Å². The van der Waals surface area contributed by atoms with Crippen molar-refractivity contribution in [3.05, 3.63) is 35.0 Å². The maximum atomic E-state index is 13.4. The number of rotatable bonds is 1. The highest BCUT2D eigenvalue weighted by molar-refractivity contribution is 6.02. The highest BCUT2D eigenvalue weighted by Crippen LogP contribution is 2.77. The number of carbonyl (C=O) groups is 2. The molecule has 1 N–H and O–H groups in total. The average Bonchev–Trinajstić information content (AvgIpc) is 2.82. The monoisotopic (exact) mass is 507 g/mol. The zero-order valence-corrected chi connectivity index (χ0v) is 24.1. The Morgan fingerprint density at radius 2 is 1.68 bits per heavy atom. The van der Waals surface area contributed by atoms with Crippen molar-refractivity contribution in [1.82, 2.24) is 0 Å². The smallest absolute Gasteiger partial charge is 0.312 e. The quantitative estimate of drug-likeness (QED) is 0.324. The molecular weight excluding hydrogens is 462 g/mol. The molecule has 4 saturated carbocycles. The number of allylic oxidation sites excluding steroid dienone is 2. The van der Waals surface area contributed by atoms with E-state index >= 15 is 0 Å². The summed E-state index contributed by atoms with van der Waals surface area (Å²) in [6.07, 6.45) is 8.01. The topological polar surface area (TPSA) is 68.0 Å². The first-order chi connectivity index (χ1) is 17.0. The predicted molar refractivity (Wildman–Crippen MR) is 142 cm³/mol. The number of carbonyl (C=O) groups excluding carboxylic acids is 2. The molecule has 0 amide bonds. The Balaban J connectivity index is 1.64. The van der Waals surface area contributed by atoms with Gasteiger partial charge < -0.3 is 14.6 Å². The molecule has 0 heterocycles. The third-order valence-electron chi connectivity index (χ3n) is 12.5. The number of fused-ring (bicyclic) bond motifs is 7. The SMILES string of the molecule is [C-]#[N+]C1=C[C@]2(C)[C@H]3C[C@H](O)[C]4[C]5CC(C)(C)CC[C@]5(C(=O)OC)CC[C@@]4(C)[C@]3(C)CC[C@H]2C(C)(C)C1=O. The van der Waals surface area contributed by atoms with Crippen LogP contribution in [0.3, 0.4) is 0 Å². The fourth-order valence-corrected chi connectivity index (χ4v) is 10.3. The molecule has 202 valence electrons. The zero-order chi connectivity index (χ0) is 27.4. The van der Waals surface area contributed by atoms with E-state index in [0.29, 0.717) is 6.42 Å². The van der Waals surface area contributed by atoms with Gasteiger partial charge >= 0.3 is 5.97 Å². The van der Waals surface area contributed by atoms with Gasteiger partial charge in [-0.15, -0.1) is 0 Å². The molecule has 0 spiro atoms. The van der Waals surface area contributed by atoms with Crippen LogP contribution in [0.5, 0.6) is 0 Å². The Morgan fingerprint density at radius 3 is 2.30 bits per heavy atom. The number of Topliss-reactive ketones (excluding diaryl/α,β-unsaturated/α-hetero) is 1. The fraction of sp³-hybridized carbons (Fsp3) is 0.781. The summed E-state index contributed by atoms with van der Waals surface area (Å²) >= 11 is 0. The van der Waals surface area contributed by atoms with Gasteiger partial charge in [0.05, 0.1) is 25.2 Å². The van der Waals surface area contributed by atoms with Crippen LogP contribution in [0.1, 0.15) is 99.8 Å². The number of hydrogen-bond acceptors (Lipinski definition) is 4. The van der Waals surface area contributed by atoms with Crippen molar-refractivity contribution in [2.75, 3.05) is 7.11 Å². The number of ketones is 1. The van der Waals surface area contributed by atoms with Crippen molar-refractivity contribution in [3.63, 3.8) is 0 Å². The Bertz CT molecular complexity index is 1100. The lowest BCUT2D eigenvalue weighted by atomic mass is 9.31. The summed E-state index contributed by atoms with van der Waals surface area (Å²) in [7, 11) is 1.50. The van der Waals surface area contributed by atoms with Gasteiger partial charge in [-0.3, -0.25) is 4.79 Å². The molecule has 0 saturated heterocycles. The molecule has 0 aromatic heterocycles. The molecule has 5 nitrogen and oxygen atoms in total. The number of ether oxygens (including phenoxy) is 1. The maximum Gasteiger partial charge on any atom is 0.312 e. The second-order valence-electron chi connectivity index (χ2n) is 15.0. The lowest BCUT2D eigenvalue weighted by Gasteiger charge is -2.72. The maximum absolute atomic E-state index is 13.4. The van der Waals surface area contributed by atoms with E-state index in [4.69, 9.17) is 11.3 Å². The van der Waals surface area contributed by atoms with Crippen LogP contribution in [-0.4, -0.2) is 30.1 Å². The van der Waals surface area contributed by atoms with E-state index in [1.54, 1.807) is 0 Å². The van der Waals surface area contributed by atoms with Gasteiger partial charge in [0.15, 0.2) is 5.78 Å². The van der Waals surface area contributed by atoms with Crippen LogP contribution < -0.4 is 0 Å². The second-order valence-corrected chi connectivity index (χ2v) is 15.0. The van der Waals surface area contributed by atoms with E-state index in [-0.39, 0.29) is 50.9 Å². The molecule has 5 aliphatic rings. The summed E-state index contributed by atoms with van der Waals surface area (Å²) in [6, 6.07) is 0. The van der Waals surface area contributed by atoms with E-state index in [9.17, 15) is 14.7 Å². The summed E-state index contributed by atoms with van der Waals surface area (Å²) < 4.78 is 5.42. The largest absolute Gasteiger partial charge is 0.469 e. The molecule has 4 fully saturated rings. The third kappa shape index (κ3) is 3.23. The second kappa shape index (κ2) is 7.93. The van der Waals surface area contributed by atoms with Gasteiger partial charge in [0.1, 0.15) is 0 Å². The number of methoxy groups -OCH3 is 1. The Kier molecular flexibility index (Phi) is 5.77. The van der Waals surface area contributed by atoms with Gasteiger partial charge in [0, 0.05) is 17.3 Å². The van der Waals surface area contributed by atoms with E-state index in [1.807, 2.05) is 19.9 Å². The first kappa shape index (κ1) is 26.9. The van der Waals surface area contributed by atoms with Crippen molar-refractivity contribution in [1.29, 1.82) is 0 Å². The standard InChI is InChI=1S/C32H45NO4/c1-27(2)12-14-32(26(36)37-9)15-13-31(7)24(19(32)17-27)21(34)16-23-29(5)18-20(33-8)25(35)28(3,4)22(29)10-11-30(23,31)6/h18,21-23,34H,10-17H2,1-7,9H3/t21-,22-,23+,29-,30+,31+,32-/m0/s1. The molecule has 5 heteroatoms. The van der Waals surface area contributed by atoms with Gasteiger partial charge in [0.25, 0.3) is 0 Å². The zero-order valence-electron chi connectivity index (χ0n) is 24.1. The lowest BCUT2D eigenvalue weighted by Crippen LogP contribution is -2.68. The van der Waals surface area contributed by atoms with E-state index in [1.165, 1.54) is 7.11 Å². The number of aliphatic hydroxyl groups excluding tert-OH is 1. The first-order valence-corrected chi connectivity index (χ1v) is 14.2. The van der Waals surface area contributed by atoms with E-state index in [2.05, 4.69) is 39.5 Å². The predicted octanol–water partition coefficient (Wildman–Crippen LogP) is 6.52. The summed E-state index contributed by atoms with van der Waals surface area (Å²) in [5.74, 6) is 2.35. The van der Waals surface area contributed by atoms with Crippen LogP contribution in [0.15, 0.2) is 11.8 Å². The Hall–Kier alpha value is -1.67. The number of aliphatic hydroxyl groups is 1. The number of nitrogens with zero attached hydrogens (tertiary/aromatic N) is 1. The van der Waals surface area contributed by atoms with Crippen molar-refractivity contribution < 1.29 is 19.4 Å². The summed E-state index contributed by atoms with van der Waals surface area (Å²) in [4.78, 5) is 30.3. The normalized spacial score (nSPS) is 46.9. The van der Waals surface area contributed by atoms with Crippen LogP contribution in [0.2, 0.25) is 0 Å². The van der Waals surface area contributed by atoms with Crippen LogP contribution in [0.4, 0.5) is 0 Å². The highest BCUT2D eigenvalue weighted by atomic mass is 16.5. The molecule has 7 atom stereocenters. The summed E-state index contributed by atoms with van der Waals surface area (Å²) in [6.45, 7) is 23.3. The summed E-state index contributed by atoms with van der Waals surface area (Å²) in [5.41, 5.74) is -1.63. The van der Waals surface area contributed by atoms with Crippen LogP contribution >= 0.6 is 0 Å². The van der Waals surface area contributed by atoms with Gasteiger partial charge in [-0.1, -0.05) is 54.5 Å². The van der Waals surface area contributed by atoms with Crippen LogP contribution in [0.25, 0.3) is 4.85 Å². The van der Waals surface area contributed by atoms with Gasteiger partial charge in [0.2, 0.25) is 5.70 Å². The molecule has 5 aliphatic carbocycles. The lowest BCUT2D eigenvalue weighted by molar-refractivity contribution is -0.191. The average molecular weight is 508 g/mol. The summed E-state index contributed by atoms with van der Waals surface area (Å²) in [5, 5.41) is 12.1. The molecule has 0 aromatic rings.